The van der Waals surface area contributed by atoms with Crippen molar-refractivity contribution in [3.8, 4) is 5.75 Å². The molecule has 1 rings (SSSR count). The Balaban J connectivity index is 2.74. The van der Waals surface area contributed by atoms with Crippen molar-refractivity contribution in [3.05, 3.63) is 23.3 Å². The molecule has 0 saturated carbocycles. The van der Waals surface area contributed by atoms with Crippen LogP contribution in [-0.4, -0.2) is 28.7 Å². The van der Waals surface area contributed by atoms with Crippen LogP contribution in [0.4, 0.5) is 0 Å². The molecule has 0 radical (unpaired) electrons. The van der Waals surface area contributed by atoms with E-state index in [1.54, 1.807) is 33.1 Å². The van der Waals surface area contributed by atoms with Crippen molar-refractivity contribution in [2.45, 2.75) is 31.6 Å². The van der Waals surface area contributed by atoms with E-state index in [4.69, 9.17) is 20.2 Å². The van der Waals surface area contributed by atoms with Gasteiger partial charge in [0.2, 0.25) is 0 Å². The minimum atomic E-state index is -3.71. The molecule has 108 valence electrons. The highest BCUT2D eigenvalue weighted by atomic mass is 35.7. The Hall–Kier alpha value is -0.780. The fourth-order valence-electron chi connectivity index (χ4n) is 1.92. The third-order valence-electron chi connectivity index (χ3n) is 2.69. The lowest BCUT2D eigenvalue weighted by molar-refractivity contribution is 0.184. The predicted octanol–water partition coefficient (Wildman–Crippen LogP) is 3.04. The molecule has 0 atom stereocenters. The average Bonchev–Trinajstić information content (AvgIpc) is 2.25. The molecule has 0 saturated heterocycles. The maximum atomic E-state index is 11.4. The Morgan fingerprint density at radius 3 is 2.11 bits per heavy atom. The molecular formula is C13H19ClO4S. The van der Waals surface area contributed by atoms with Crippen LogP contribution in [0, 0.1) is 13.8 Å². The van der Waals surface area contributed by atoms with Crippen LogP contribution in [-0.2, 0) is 13.8 Å². The van der Waals surface area contributed by atoms with Gasteiger partial charge >= 0.3 is 0 Å². The number of hydrogen-bond acceptors (Lipinski definition) is 4. The average molecular weight is 307 g/mol. The second-order valence-corrected chi connectivity index (χ2v) is 6.88. The van der Waals surface area contributed by atoms with Crippen molar-refractivity contribution in [2.75, 3.05) is 20.3 Å². The van der Waals surface area contributed by atoms with Gasteiger partial charge in [-0.05, 0) is 49.9 Å². The third kappa shape index (κ3) is 5.01. The zero-order valence-electron chi connectivity index (χ0n) is 11.4. The van der Waals surface area contributed by atoms with Gasteiger partial charge in [0.05, 0.1) is 11.5 Å². The van der Waals surface area contributed by atoms with Crippen LogP contribution >= 0.6 is 10.7 Å². The maximum Gasteiger partial charge on any atom is 0.261 e. The molecule has 6 heteroatoms. The molecule has 0 fully saturated rings. The fourth-order valence-corrected chi connectivity index (χ4v) is 3.53. The number of unbranched alkanes of at least 4 members (excludes halogenated alkanes) is 1. The van der Waals surface area contributed by atoms with E-state index in [-0.39, 0.29) is 4.90 Å². The number of ether oxygens (including phenoxy) is 2. The number of rotatable bonds is 7. The van der Waals surface area contributed by atoms with Gasteiger partial charge in [-0.25, -0.2) is 8.42 Å². The third-order valence-corrected chi connectivity index (χ3v) is 4.28. The number of aryl methyl sites for hydroxylation is 2. The zero-order valence-corrected chi connectivity index (χ0v) is 13.0. The first-order chi connectivity index (χ1) is 8.86. The molecule has 0 spiro atoms. The first-order valence-electron chi connectivity index (χ1n) is 6.04. The van der Waals surface area contributed by atoms with Gasteiger partial charge in [0.25, 0.3) is 9.05 Å². The van der Waals surface area contributed by atoms with E-state index in [2.05, 4.69) is 0 Å². The van der Waals surface area contributed by atoms with Gasteiger partial charge in [-0.1, -0.05) is 0 Å². The van der Waals surface area contributed by atoms with Crippen molar-refractivity contribution in [1.29, 1.82) is 0 Å². The topological polar surface area (TPSA) is 52.6 Å². The highest BCUT2D eigenvalue weighted by Crippen LogP contribution is 2.28. The van der Waals surface area contributed by atoms with E-state index < -0.39 is 9.05 Å². The van der Waals surface area contributed by atoms with Crippen LogP contribution in [0.15, 0.2) is 17.0 Å². The van der Waals surface area contributed by atoms with Gasteiger partial charge in [0.1, 0.15) is 5.75 Å². The lowest BCUT2D eigenvalue weighted by atomic mass is 10.1. The van der Waals surface area contributed by atoms with Gasteiger partial charge in [-0.2, -0.15) is 0 Å². The van der Waals surface area contributed by atoms with Crippen LogP contribution in [0.2, 0.25) is 0 Å². The Morgan fingerprint density at radius 2 is 1.63 bits per heavy atom. The van der Waals surface area contributed by atoms with Crippen LogP contribution in [0.25, 0.3) is 0 Å². The van der Waals surface area contributed by atoms with Crippen LogP contribution in [0.3, 0.4) is 0 Å². The van der Waals surface area contributed by atoms with Gasteiger partial charge in [-0.3, -0.25) is 0 Å². The van der Waals surface area contributed by atoms with Crippen LogP contribution < -0.4 is 4.74 Å². The summed E-state index contributed by atoms with van der Waals surface area (Å²) in [5.41, 5.74) is 1.20. The van der Waals surface area contributed by atoms with Crippen molar-refractivity contribution >= 4 is 19.7 Å². The largest absolute Gasteiger partial charge is 0.494 e. The first kappa shape index (κ1) is 16.3. The van der Waals surface area contributed by atoms with Crippen molar-refractivity contribution in [1.82, 2.24) is 0 Å². The minimum Gasteiger partial charge on any atom is -0.494 e. The Morgan fingerprint density at radius 1 is 1.11 bits per heavy atom. The molecule has 0 aliphatic rings. The molecule has 0 amide bonds. The summed E-state index contributed by atoms with van der Waals surface area (Å²) < 4.78 is 33.4. The lowest BCUT2D eigenvalue weighted by Gasteiger charge is -2.11. The molecule has 4 nitrogen and oxygen atoms in total. The SMILES string of the molecule is COCCCCOc1cc(C)c(S(=O)(=O)Cl)c(C)c1. The van der Waals surface area contributed by atoms with E-state index in [1.165, 1.54) is 0 Å². The van der Waals surface area contributed by atoms with Gasteiger partial charge in [0, 0.05) is 24.4 Å². The summed E-state index contributed by atoms with van der Waals surface area (Å²) in [4.78, 5) is 0.167. The normalized spacial score (nSPS) is 11.6. The van der Waals surface area contributed by atoms with E-state index in [9.17, 15) is 8.42 Å². The Labute approximate surface area is 119 Å². The van der Waals surface area contributed by atoms with Crippen LogP contribution in [0.5, 0.6) is 5.75 Å². The standard InChI is InChI=1S/C13H19ClO4S/c1-10-8-12(18-7-5-4-6-17-3)9-11(2)13(10)19(14,15)16/h8-9H,4-7H2,1-3H3. The molecule has 0 aliphatic heterocycles. The molecule has 0 aromatic heterocycles. The Kier molecular flexibility index (Phi) is 6.10. The minimum absolute atomic E-state index is 0.167. The molecule has 0 heterocycles. The summed E-state index contributed by atoms with van der Waals surface area (Å²) in [6.07, 6.45) is 1.82. The molecule has 19 heavy (non-hydrogen) atoms. The molecule has 1 aromatic rings. The molecule has 0 unspecified atom stereocenters. The zero-order chi connectivity index (χ0) is 14.5. The summed E-state index contributed by atoms with van der Waals surface area (Å²) in [5, 5.41) is 0. The highest BCUT2D eigenvalue weighted by Gasteiger charge is 2.17. The predicted molar refractivity (Wildman–Crippen MR) is 75.6 cm³/mol. The summed E-state index contributed by atoms with van der Waals surface area (Å²) in [7, 11) is 3.35. The Bertz CT molecular complexity index is 502. The highest BCUT2D eigenvalue weighted by molar-refractivity contribution is 8.13. The monoisotopic (exact) mass is 306 g/mol. The van der Waals surface area contributed by atoms with Gasteiger partial charge < -0.3 is 9.47 Å². The summed E-state index contributed by atoms with van der Waals surface area (Å²) in [6, 6.07) is 3.39. The van der Waals surface area contributed by atoms with Gasteiger partial charge in [-0.15, -0.1) is 0 Å². The van der Waals surface area contributed by atoms with Gasteiger partial charge in [0.15, 0.2) is 0 Å². The van der Waals surface area contributed by atoms with E-state index in [1.807, 2.05) is 0 Å². The maximum absolute atomic E-state index is 11.4. The van der Waals surface area contributed by atoms with Crippen molar-refractivity contribution in [3.63, 3.8) is 0 Å². The fraction of sp³-hybridized carbons (Fsp3) is 0.538. The smallest absolute Gasteiger partial charge is 0.261 e. The molecule has 1 aromatic carbocycles. The molecule has 0 N–H and O–H groups in total. The second-order valence-electron chi connectivity index (χ2n) is 4.37. The first-order valence-corrected chi connectivity index (χ1v) is 8.35. The second kappa shape index (κ2) is 7.12. The number of halogens is 1. The van der Waals surface area contributed by atoms with Crippen molar-refractivity contribution in [2.24, 2.45) is 0 Å². The lowest BCUT2D eigenvalue weighted by Crippen LogP contribution is -2.03. The quantitative estimate of drug-likeness (QED) is 0.574. The van der Waals surface area contributed by atoms with E-state index in [0.717, 1.165) is 12.8 Å². The molecule has 0 bridgehead atoms. The summed E-state index contributed by atoms with van der Waals surface area (Å²) >= 11 is 0. The summed E-state index contributed by atoms with van der Waals surface area (Å²) in [5.74, 6) is 0.663. The number of hydrogen-bond donors (Lipinski definition) is 0. The van der Waals surface area contributed by atoms with E-state index >= 15 is 0 Å². The van der Waals surface area contributed by atoms with E-state index in [0.29, 0.717) is 30.1 Å². The molecular weight excluding hydrogens is 288 g/mol. The van der Waals surface area contributed by atoms with Crippen LogP contribution in [0.1, 0.15) is 24.0 Å². The number of methoxy groups -OCH3 is 1. The molecule has 0 aliphatic carbocycles. The summed E-state index contributed by atoms with van der Waals surface area (Å²) in [6.45, 7) is 4.71. The number of benzene rings is 1. The van der Waals surface area contributed by atoms with Crippen molar-refractivity contribution < 1.29 is 17.9 Å².